The highest BCUT2D eigenvalue weighted by molar-refractivity contribution is 7.10. The predicted molar refractivity (Wildman–Crippen MR) is 70.2 cm³/mol. The summed E-state index contributed by atoms with van der Waals surface area (Å²) >= 11 is 1.69. The number of aryl methyl sites for hydroxylation is 1. The monoisotopic (exact) mass is 284 g/mol. The average molecular weight is 284 g/mol. The second-order valence-electron chi connectivity index (χ2n) is 4.45. The lowest BCUT2D eigenvalue weighted by atomic mass is 9.94. The van der Waals surface area contributed by atoms with Crippen LogP contribution in [0, 0.1) is 0 Å². The van der Waals surface area contributed by atoms with Gasteiger partial charge < -0.3 is 20.8 Å². The van der Waals surface area contributed by atoms with E-state index in [9.17, 15) is 9.59 Å². The summed E-state index contributed by atoms with van der Waals surface area (Å²) in [7, 11) is 0. The lowest BCUT2D eigenvalue weighted by Crippen LogP contribution is -2.43. The number of nitrogens with one attached hydrogen (secondary N) is 2. The number of thiophene rings is 1. The van der Waals surface area contributed by atoms with Gasteiger partial charge in [0.2, 0.25) is 0 Å². The van der Waals surface area contributed by atoms with Gasteiger partial charge in [-0.15, -0.1) is 11.3 Å². The van der Waals surface area contributed by atoms with Gasteiger partial charge in [0.25, 0.3) is 0 Å². The van der Waals surface area contributed by atoms with Crippen LogP contribution < -0.4 is 10.6 Å². The summed E-state index contributed by atoms with van der Waals surface area (Å²) in [5.74, 6) is -1.35. The van der Waals surface area contributed by atoms with Crippen molar-refractivity contribution in [2.75, 3.05) is 6.54 Å². The molecule has 1 unspecified atom stereocenters. The number of hydrogen-bond donors (Lipinski definition) is 4. The van der Waals surface area contributed by atoms with E-state index in [-0.39, 0.29) is 12.6 Å². The molecular formula is C12H16N2O4S. The Kier molecular flexibility index (Phi) is 4.39. The standard InChI is InChI=1S/C12H16N2O4S/c15-9(11(16)17)6-13-12(18)14-8-2-1-3-10-7(8)4-5-19-10/h4-5,8-9,15H,1-3,6H2,(H,16,17)(H2,13,14,18)/t8?,9-/m0/s1. The Labute approximate surface area is 114 Å². The third-order valence-corrected chi connectivity index (χ3v) is 4.09. The number of carbonyl (C=O) groups excluding carboxylic acids is 1. The lowest BCUT2D eigenvalue weighted by Gasteiger charge is -2.24. The normalized spacial score (nSPS) is 19.3. The Hall–Kier alpha value is -1.60. The fourth-order valence-electron chi connectivity index (χ4n) is 2.12. The van der Waals surface area contributed by atoms with E-state index in [1.54, 1.807) is 11.3 Å². The first-order valence-electron chi connectivity index (χ1n) is 6.09. The zero-order valence-corrected chi connectivity index (χ0v) is 11.1. The van der Waals surface area contributed by atoms with Crippen molar-refractivity contribution in [3.63, 3.8) is 0 Å². The van der Waals surface area contributed by atoms with Crippen molar-refractivity contribution in [1.29, 1.82) is 0 Å². The van der Waals surface area contributed by atoms with Crippen LogP contribution >= 0.6 is 11.3 Å². The molecule has 0 fully saturated rings. The molecule has 104 valence electrons. The van der Waals surface area contributed by atoms with Gasteiger partial charge >= 0.3 is 12.0 Å². The van der Waals surface area contributed by atoms with Crippen LogP contribution in [0.5, 0.6) is 0 Å². The highest BCUT2D eigenvalue weighted by Gasteiger charge is 2.23. The van der Waals surface area contributed by atoms with Gasteiger partial charge in [-0.25, -0.2) is 9.59 Å². The summed E-state index contributed by atoms with van der Waals surface area (Å²) in [5, 5.41) is 24.7. The van der Waals surface area contributed by atoms with Crippen LogP contribution in [0.4, 0.5) is 4.79 Å². The Morgan fingerprint density at radius 1 is 1.53 bits per heavy atom. The number of fused-ring (bicyclic) bond motifs is 1. The van der Waals surface area contributed by atoms with E-state index < -0.39 is 18.1 Å². The van der Waals surface area contributed by atoms with Gasteiger partial charge in [0, 0.05) is 4.88 Å². The number of carboxylic acid groups (broad SMARTS) is 1. The molecule has 1 aromatic heterocycles. The molecule has 1 aliphatic carbocycles. The van der Waals surface area contributed by atoms with E-state index in [4.69, 9.17) is 10.2 Å². The molecule has 7 heteroatoms. The molecule has 0 saturated carbocycles. The molecule has 1 heterocycles. The fourth-order valence-corrected chi connectivity index (χ4v) is 3.11. The maximum absolute atomic E-state index is 11.6. The van der Waals surface area contributed by atoms with Crippen LogP contribution in [0.2, 0.25) is 0 Å². The molecule has 2 rings (SSSR count). The minimum atomic E-state index is -1.58. The van der Waals surface area contributed by atoms with Gasteiger partial charge in [-0.3, -0.25) is 0 Å². The number of aliphatic carboxylic acids is 1. The van der Waals surface area contributed by atoms with Crippen molar-refractivity contribution in [3.05, 3.63) is 21.9 Å². The fraction of sp³-hybridized carbons (Fsp3) is 0.500. The van der Waals surface area contributed by atoms with Gasteiger partial charge in [0.1, 0.15) is 0 Å². The van der Waals surface area contributed by atoms with Crippen molar-refractivity contribution in [2.24, 2.45) is 0 Å². The smallest absolute Gasteiger partial charge is 0.334 e. The summed E-state index contributed by atoms with van der Waals surface area (Å²) in [5.41, 5.74) is 1.14. The largest absolute Gasteiger partial charge is 0.479 e. The molecule has 1 aromatic rings. The molecule has 2 atom stereocenters. The van der Waals surface area contributed by atoms with Crippen molar-refractivity contribution in [1.82, 2.24) is 10.6 Å². The van der Waals surface area contributed by atoms with Gasteiger partial charge in [-0.05, 0) is 36.3 Å². The van der Waals surface area contributed by atoms with Gasteiger partial charge in [0.05, 0.1) is 12.6 Å². The first-order valence-corrected chi connectivity index (χ1v) is 6.97. The van der Waals surface area contributed by atoms with E-state index in [1.165, 1.54) is 4.88 Å². The number of carboxylic acids is 1. The summed E-state index contributed by atoms with van der Waals surface area (Å²) in [6, 6.07) is 1.53. The van der Waals surface area contributed by atoms with Gasteiger partial charge in [-0.1, -0.05) is 0 Å². The van der Waals surface area contributed by atoms with E-state index in [2.05, 4.69) is 10.6 Å². The molecule has 0 saturated heterocycles. The summed E-state index contributed by atoms with van der Waals surface area (Å²) in [6.45, 7) is -0.301. The maximum atomic E-state index is 11.6. The van der Waals surface area contributed by atoms with Crippen LogP contribution in [0.15, 0.2) is 11.4 Å². The molecule has 0 aliphatic heterocycles. The first-order chi connectivity index (χ1) is 9.08. The second-order valence-corrected chi connectivity index (χ2v) is 5.45. The summed E-state index contributed by atoms with van der Waals surface area (Å²) in [4.78, 5) is 23.4. The molecule has 0 bridgehead atoms. The number of aliphatic hydroxyl groups is 1. The second kappa shape index (κ2) is 6.03. The van der Waals surface area contributed by atoms with Crippen molar-refractivity contribution in [3.8, 4) is 0 Å². The molecule has 19 heavy (non-hydrogen) atoms. The Morgan fingerprint density at radius 2 is 2.32 bits per heavy atom. The zero-order valence-electron chi connectivity index (χ0n) is 10.3. The topological polar surface area (TPSA) is 98.7 Å². The lowest BCUT2D eigenvalue weighted by molar-refractivity contribution is -0.146. The molecule has 1 aliphatic rings. The Balaban J connectivity index is 1.86. The molecule has 4 N–H and O–H groups in total. The van der Waals surface area contributed by atoms with Crippen molar-refractivity contribution in [2.45, 2.75) is 31.4 Å². The SMILES string of the molecule is O=C(NC[C@H](O)C(=O)O)NC1CCCc2sccc21. The molecule has 0 radical (unpaired) electrons. The number of amides is 2. The Morgan fingerprint density at radius 3 is 3.05 bits per heavy atom. The van der Waals surface area contributed by atoms with Crippen molar-refractivity contribution < 1.29 is 19.8 Å². The maximum Gasteiger partial charge on any atom is 0.334 e. The van der Waals surface area contributed by atoms with Gasteiger partial charge in [-0.2, -0.15) is 0 Å². The predicted octanol–water partition coefficient (Wildman–Crippen LogP) is 0.870. The highest BCUT2D eigenvalue weighted by atomic mass is 32.1. The van der Waals surface area contributed by atoms with Gasteiger partial charge in [0.15, 0.2) is 6.10 Å². The van der Waals surface area contributed by atoms with Crippen LogP contribution in [0.25, 0.3) is 0 Å². The minimum Gasteiger partial charge on any atom is -0.479 e. The van der Waals surface area contributed by atoms with E-state index in [1.807, 2.05) is 11.4 Å². The number of aliphatic hydroxyl groups excluding tert-OH is 1. The number of urea groups is 1. The zero-order chi connectivity index (χ0) is 13.8. The van der Waals surface area contributed by atoms with Crippen LogP contribution in [0.3, 0.4) is 0 Å². The van der Waals surface area contributed by atoms with Crippen molar-refractivity contribution >= 4 is 23.3 Å². The third-order valence-electron chi connectivity index (χ3n) is 3.10. The molecule has 0 aromatic carbocycles. The van der Waals surface area contributed by atoms with Crippen LogP contribution in [-0.2, 0) is 11.2 Å². The van der Waals surface area contributed by atoms with Crippen LogP contribution in [-0.4, -0.2) is 34.9 Å². The van der Waals surface area contributed by atoms with E-state index in [0.29, 0.717) is 0 Å². The highest BCUT2D eigenvalue weighted by Crippen LogP contribution is 2.33. The molecular weight excluding hydrogens is 268 g/mol. The van der Waals surface area contributed by atoms with Crippen LogP contribution in [0.1, 0.15) is 29.3 Å². The first kappa shape index (κ1) is 13.8. The number of rotatable bonds is 4. The quantitative estimate of drug-likeness (QED) is 0.659. The van der Waals surface area contributed by atoms with E-state index >= 15 is 0 Å². The number of carbonyl (C=O) groups is 2. The molecule has 6 nitrogen and oxygen atoms in total. The summed E-state index contributed by atoms with van der Waals surface area (Å²) < 4.78 is 0. The number of hydrogen-bond acceptors (Lipinski definition) is 4. The third kappa shape index (κ3) is 3.45. The molecule has 2 amide bonds. The Bertz CT molecular complexity index is 474. The summed E-state index contributed by atoms with van der Waals surface area (Å²) in [6.07, 6.45) is 1.37. The molecule has 0 spiro atoms. The average Bonchev–Trinajstić information content (AvgIpc) is 2.85. The van der Waals surface area contributed by atoms with E-state index in [0.717, 1.165) is 24.8 Å². The minimum absolute atomic E-state index is 0.0306.